The van der Waals surface area contributed by atoms with Gasteiger partial charge >= 0.3 is 0 Å². The largest absolute Gasteiger partial charge is 0.399 e. The van der Waals surface area contributed by atoms with Gasteiger partial charge in [-0.25, -0.2) is 0 Å². The molecule has 0 saturated heterocycles. The highest BCUT2D eigenvalue weighted by molar-refractivity contribution is 7.85. The summed E-state index contributed by atoms with van der Waals surface area (Å²) >= 11 is 6.16. The van der Waals surface area contributed by atoms with Gasteiger partial charge in [0.25, 0.3) is 0 Å². The van der Waals surface area contributed by atoms with Crippen LogP contribution in [0.2, 0.25) is 5.02 Å². The van der Waals surface area contributed by atoms with Crippen molar-refractivity contribution in [1.29, 1.82) is 0 Å². The first-order chi connectivity index (χ1) is 10.1. The monoisotopic (exact) mass is 319 g/mol. The topological polar surface area (TPSA) is 43.1 Å². The second-order valence-electron chi connectivity index (χ2n) is 5.49. The number of hydrogen-bond donors (Lipinski definition) is 1. The highest BCUT2D eigenvalue weighted by Crippen LogP contribution is 2.34. The molecule has 0 saturated carbocycles. The van der Waals surface area contributed by atoms with Crippen molar-refractivity contribution in [3.8, 4) is 0 Å². The van der Waals surface area contributed by atoms with Crippen molar-refractivity contribution < 1.29 is 4.21 Å². The van der Waals surface area contributed by atoms with Crippen LogP contribution in [0.15, 0.2) is 47.4 Å². The summed E-state index contributed by atoms with van der Waals surface area (Å²) in [4.78, 5) is 0.653. The van der Waals surface area contributed by atoms with E-state index in [1.54, 1.807) is 18.2 Å². The Morgan fingerprint density at radius 1 is 1.24 bits per heavy atom. The van der Waals surface area contributed by atoms with Crippen molar-refractivity contribution in [2.75, 3.05) is 11.5 Å². The van der Waals surface area contributed by atoms with E-state index in [1.807, 2.05) is 0 Å². The third-order valence-corrected chi connectivity index (χ3v) is 6.02. The first kappa shape index (κ1) is 14.6. The van der Waals surface area contributed by atoms with Gasteiger partial charge in [0.15, 0.2) is 0 Å². The summed E-state index contributed by atoms with van der Waals surface area (Å²) in [6.07, 6.45) is 3.37. The molecular weight excluding hydrogens is 302 g/mol. The van der Waals surface area contributed by atoms with E-state index in [2.05, 4.69) is 24.3 Å². The predicted molar refractivity (Wildman–Crippen MR) is 89.3 cm³/mol. The van der Waals surface area contributed by atoms with Gasteiger partial charge in [-0.2, -0.15) is 0 Å². The number of nitrogen functional groups attached to an aromatic ring is 1. The minimum absolute atomic E-state index is 0.341. The van der Waals surface area contributed by atoms with Gasteiger partial charge in [-0.3, -0.25) is 4.21 Å². The number of halogens is 1. The number of hydrogen-bond acceptors (Lipinski definition) is 2. The molecule has 2 atom stereocenters. The van der Waals surface area contributed by atoms with E-state index in [1.165, 1.54) is 11.1 Å². The Morgan fingerprint density at radius 2 is 2.05 bits per heavy atom. The standard InChI is InChI=1S/C17H18ClNOS/c18-16-9-8-14(19)10-17(16)21(20)11-13-6-3-5-12-4-1-2-7-15(12)13/h1-2,4,7-10,13H,3,5-6,11,19H2. The molecule has 4 heteroatoms. The van der Waals surface area contributed by atoms with E-state index < -0.39 is 10.8 Å². The Morgan fingerprint density at radius 3 is 2.90 bits per heavy atom. The molecule has 1 aliphatic carbocycles. The molecule has 0 fully saturated rings. The summed E-state index contributed by atoms with van der Waals surface area (Å²) in [6.45, 7) is 0. The number of aryl methyl sites for hydroxylation is 1. The van der Waals surface area contributed by atoms with Gasteiger partial charge in [0.05, 0.1) is 20.7 Å². The lowest BCUT2D eigenvalue weighted by atomic mass is 9.84. The Labute approximate surface area is 132 Å². The van der Waals surface area contributed by atoms with Crippen LogP contribution in [0.5, 0.6) is 0 Å². The summed E-state index contributed by atoms with van der Waals surface area (Å²) in [5, 5.41) is 0.534. The van der Waals surface area contributed by atoms with Crippen LogP contribution in [0.4, 0.5) is 5.69 Å². The molecule has 2 aromatic carbocycles. The number of fused-ring (bicyclic) bond motifs is 1. The fraction of sp³-hybridized carbons (Fsp3) is 0.294. The van der Waals surface area contributed by atoms with Crippen LogP contribution >= 0.6 is 11.6 Å². The Bertz CT molecular complexity index is 686. The maximum Gasteiger partial charge on any atom is 0.0594 e. The average Bonchev–Trinajstić information content (AvgIpc) is 2.50. The number of rotatable bonds is 3. The molecule has 0 aliphatic heterocycles. The second-order valence-corrected chi connectivity index (χ2v) is 7.36. The average molecular weight is 320 g/mol. The van der Waals surface area contributed by atoms with E-state index in [9.17, 15) is 4.21 Å². The van der Waals surface area contributed by atoms with Crippen molar-refractivity contribution in [2.24, 2.45) is 0 Å². The zero-order valence-corrected chi connectivity index (χ0v) is 13.3. The fourth-order valence-electron chi connectivity index (χ4n) is 2.99. The van der Waals surface area contributed by atoms with Crippen LogP contribution in [0.25, 0.3) is 0 Å². The number of benzene rings is 2. The zero-order valence-electron chi connectivity index (χ0n) is 11.7. The Balaban J connectivity index is 1.84. The lowest BCUT2D eigenvalue weighted by Crippen LogP contribution is -2.16. The SMILES string of the molecule is Nc1ccc(Cl)c(S(=O)CC2CCCc3ccccc32)c1. The minimum Gasteiger partial charge on any atom is -0.399 e. The van der Waals surface area contributed by atoms with Crippen LogP contribution < -0.4 is 5.73 Å². The molecule has 0 aromatic heterocycles. The van der Waals surface area contributed by atoms with E-state index in [0.717, 1.165) is 19.3 Å². The summed E-state index contributed by atoms with van der Waals surface area (Å²) in [6, 6.07) is 13.7. The molecule has 1 aliphatic rings. The second kappa shape index (κ2) is 6.20. The zero-order chi connectivity index (χ0) is 14.8. The van der Waals surface area contributed by atoms with E-state index in [0.29, 0.717) is 27.3 Å². The van der Waals surface area contributed by atoms with Gasteiger partial charge in [0, 0.05) is 11.4 Å². The number of anilines is 1. The summed E-state index contributed by atoms with van der Waals surface area (Å²) in [7, 11) is -1.12. The predicted octanol–water partition coefficient (Wildman–Crippen LogP) is 4.15. The normalized spacial score (nSPS) is 19.0. The van der Waals surface area contributed by atoms with Crippen molar-refractivity contribution in [2.45, 2.75) is 30.1 Å². The Kier molecular flexibility index (Phi) is 4.32. The molecule has 3 rings (SSSR count). The molecule has 0 spiro atoms. The van der Waals surface area contributed by atoms with Gasteiger partial charge in [0.1, 0.15) is 0 Å². The van der Waals surface area contributed by atoms with Crippen LogP contribution in [0.3, 0.4) is 0 Å². The lowest BCUT2D eigenvalue weighted by molar-refractivity contribution is 0.588. The molecule has 2 unspecified atom stereocenters. The third kappa shape index (κ3) is 3.14. The molecule has 2 nitrogen and oxygen atoms in total. The molecule has 0 bridgehead atoms. The van der Waals surface area contributed by atoms with Crippen molar-refractivity contribution in [3.63, 3.8) is 0 Å². The quantitative estimate of drug-likeness (QED) is 0.864. The highest BCUT2D eigenvalue weighted by atomic mass is 35.5. The third-order valence-electron chi connectivity index (χ3n) is 4.05. The highest BCUT2D eigenvalue weighted by Gasteiger charge is 2.23. The molecule has 0 radical (unpaired) electrons. The van der Waals surface area contributed by atoms with Crippen LogP contribution in [0.1, 0.15) is 29.9 Å². The van der Waals surface area contributed by atoms with Gasteiger partial charge in [0.2, 0.25) is 0 Å². The first-order valence-electron chi connectivity index (χ1n) is 7.16. The van der Waals surface area contributed by atoms with E-state index >= 15 is 0 Å². The summed E-state index contributed by atoms with van der Waals surface area (Å²) < 4.78 is 12.7. The van der Waals surface area contributed by atoms with Crippen molar-refractivity contribution in [1.82, 2.24) is 0 Å². The van der Waals surface area contributed by atoms with Gasteiger partial charge in [-0.15, -0.1) is 0 Å². The van der Waals surface area contributed by atoms with Gasteiger partial charge < -0.3 is 5.73 Å². The molecular formula is C17H18ClNOS. The molecule has 110 valence electrons. The van der Waals surface area contributed by atoms with E-state index in [-0.39, 0.29) is 0 Å². The van der Waals surface area contributed by atoms with Crippen LogP contribution in [0, 0.1) is 0 Å². The van der Waals surface area contributed by atoms with Gasteiger partial charge in [-0.1, -0.05) is 35.9 Å². The molecule has 0 heterocycles. The van der Waals surface area contributed by atoms with Gasteiger partial charge in [-0.05, 0) is 54.5 Å². The fourth-order valence-corrected chi connectivity index (χ4v) is 4.81. The maximum absolute atomic E-state index is 12.7. The summed E-state index contributed by atoms with van der Waals surface area (Å²) in [5.74, 6) is 0.952. The Hall–Kier alpha value is -1.32. The summed E-state index contributed by atoms with van der Waals surface area (Å²) in [5.41, 5.74) is 9.12. The molecule has 21 heavy (non-hydrogen) atoms. The van der Waals surface area contributed by atoms with E-state index in [4.69, 9.17) is 17.3 Å². The van der Waals surface area contributed by atoms with Crippen molar-refractivity contribution in [3.05, 3.63) is 58.6 Å². The smallest absolute Gasteiger partial charge is 0.0594 e. The van der Waals surface area contributed by atoms with Crippen LogP contribution in [-0.2, 0) is 17.2 Å². The molecule has 0 amide bonds. The molecule has 2 aromatic rings. The minimum atomic E-state index is -1.12. The van der Waals surface area contributed by atoms with Crippen LogP contribution in [-0.4, -0.2) is 9.96 Å². The number of nitrogens with two attached hydrogens (primary N) is 1. The maximum atomic E-state index is 12.7. The lowest BCUT2D eigenvalue weighted by Gasteiger charge is -2.25. The molecule has 2 N–H and O–H groups in total. The van der Waals surface area contributed by atoms with Crippen molar-refractivity contribution >= 4 is 28.1 Å². The first-order valence-corrected chi connectivity index (χ1v) is 8.86.